The topological polar surface area (TPSA) is 58.6 Å². The standard InChI is InChI=1S/C17H14BrN3O/c18-15-4-2-1-3-13(15)14(16-10-20-11-21-16)9-17(22)12-5-7-19-8-6-12/h1-8,10-11,14H,9H2,(H,20,21). The van der Waals surface area contributed by atoms with Gasteiger partial charge in [0.15, 0.2) is 5.78 Å². The summed E-state index contributed by atoms with van der Waals surface area (Å²) in [6.07, 6.45) is 7.04. The van der Waals surface area contributed by atoms with E-state index >= 15 is 0 Å². The minimum absolute atomic E-state index is 0.0706. The minimum Gasteiger partial charge on any atom is -0.348 e. The highest BCUT2D eigenvalue weighted by molar-refractivity contribution is 9.10. The number of Topliss-reactive ketones (excluding diaryl/α,β-unsaturated/α-hetero) is 1. The number of hydrogen-bond acceptors (Lipinski definition) is 3. The number of pyridine rings is 1. The highest BCUT2D eigenvalue weighted by Crippen LogP contribution is 2.32. The summed E-state index contributed by atoms with van der Waals surface area (Å²) in [5, 5.41) is 0. The van der Waals surface area contributed by atoms with Gasteiger partial charge in [0.05, 0.1) is 6.33 Å². The first-order chi connectivity index (χ1) is 10.8. The maximum atomic E-state index is 12.6. The molecule has 5 heteroatoms. The van der Waals surface area contributed by atoms with Crippen LogP contribution in [0.15, 0.2) is 65.8 Å². The van der Waals surface area contributed by atoms with E-state index < -0.39 is 0 Å². The van der Waals surface area contributed by atoms with Crippen molar-refractivity contribution in [3.8, 4) is 0 Å². The zero-order valence-corrected chi connectivity index (χ0v) is 13.3. The smallest absolute Gasteiger partial charge is 0.163 e. The Kier molecular flexibility index (Phi) is 4.44. The number of carbonyl (C=O) groups excluding carboxylic acids is 1. The molecule has 1 aromatic carbocycles. The zero-order chi connectivity index (χ0) is 15.4. The fourth-order valence-corrected chi connectivity index (χ4v) is 3.00. The Labute approximate surface area is 136 Å². The molecule has 0 aliphatic rings. The highest BCUT2D eigenvalue weighted by Gasteiger charge is 2.22. The zero-order valence-electron chi connectivity index (χ0n) is 11.7. The predicted molar refractivity (Wildman–Crippen MR) is 87.8 cm³/mol. The molecule has 4 nitrogen and oxygen atoms in total. The molecule has 22 heavy (non-hydrogen) atoms. The second-order valence-corrected chi connectivity index (χ2v) is 5.80. The van der Waals surface area contributed by atoms with Gasteiger partial charge in [0.1, 0.15) is 0 Å². The predicted octanol–water partition coefficient (Wildman–Crippen LogP) is 3.97. The SMILES string of the molecule is O=C(CC(c1cnc[nH]1)c1ccccc1Br)c1ccncc1. The number of hydrogen-bond donors (Lipinski definition) is 1. The summed E-state index contributed by atoms with van der Waals surface area (Å²) < 4.78 is 0.983. The third kappa shape index (κ3) is 3.14. The van der Waals surface area contributed by atoms with Gasteiger partial charge in [-0.25, -0.2) is 4.98 Å². The molecule has 0 saturated carbocycles. The van der Waals surface area contributed by atoms with E-state index in [4.69, 9.17) is 0 Å². The Morgan fingerprint density at radius 2 is 1.91 bits per heavy atom. The van der Waals surface area contributed by atoms with Crippen molar-refractivity contribution >= 4 is 21.7 Å². The fraction of sp³-hybridized carbons (Fsp3) is 0.118. The highest BCUT2D eigenvalue weighted by atomic mass is 79.9. The van der Waals surface area contributed by atoms with Gasteiger partial charge in [0, 0.05) is 46.7 Å². The molecule has 0 aliphatic heterocycles. The van der Waals surface area contributed by atoms with Gasteiger partial charge < -0.3 is 4.98 Å². The van der Waals surface area contributed by atoms with Crippen LogP contribution in [0.4, 0.5) is 0 Å². The number of aromatic nitrogens is 3. The number of nitrogens with zero attached hydrogens (tertiary/aromatic N) is 2. The molecule has 1 N–H and O–H groups in total. The van der Waals surface area contributed by atoms with Crippen molar-refractivity contribution in [3.05, 3.63) is 82.6 Å². The first-order valence-corrected chi connectivity index (χ1v) is 7.71. The summed E-state index contributed by atoms with van der Waals surface area (Å²) in [6.45, 7) is 0. The number of imidazole rings is 1. The number of halogens is 1. The molecule has 1 atom stereocenters. The summed E-state index contributed by atoms with van der Waals surface area (Å²) in [7, 11) is 0. The Morgan fingerprint density at radius 3 is 2.59 bits per heavy atom. The third-order valence-corrected chi connectivity index (χ3v) is 4.29. The summed E-state index contributed by atoms with van der Waals surface area (Å²) >= 11 is 3.57. The van der Waals surface area contributed by atoms with Crippen molar-refractivity contribution in [3.63, 3.8) is 0 Å². The average Bonchev–Trinajstić information content (AvgIpc) is 3.08. The van der Waals surface area contributed by atoms with E-state index in [1.807, 2.05) is 24.3 Å². The number of ketones is 1. The van der Waals surface area contributed by atoms with E-state index in [0.29, 0.717) is 12.0 Å². The van der Waals surface area contributed by atoms with Crippen LogP contribution in [0.3, 0.4) is 0 Å². The number of benzene rings is 1. The van der Waals surface area contributed by atoms with Gasteiger partial charge in [-0.2, -0.15) is 0 Å². The van der Waals surface area contributed by atoms with E-state index in [0.717, 1.165) is 15.7 Å². The monoisotopic (exact) mass is 355 g/mol. The lowest BCUT2D eigenvalue weighted by Gasteiger charge is -2.17. The van der Waals surface area contributed by atoms with Crippen LogP contribution >= 0.6 is 15.9 Å². The maximum absolute atomic E-state index is 12.6. The fourth-order valence-electron chi connectivity index (χ4n) is 2.44. The van der Waals surface area contributed by atoms with Crippen LogP contribution in [0.1, 0.15) is 34.0 Å². The van der Waals surface area contributed by atoms with E-state index in [1.165, 1.54) is 0 Å². The number of rotatable bonds is 5. The number of carbonyl (C=O) groups is 1. The summed E-state index contributed by atoms with van der Waals surface area (Å²) in [5.41, 5.74) is 2.66. The molecule has 0 radical (unpaired) electrons. The van der Waals surface area contributed by atoms with Gasteiger partial charge >= 0.3 is 0 Å². The molecule has 0 fully saturated rings. The molecule has 3 aromatic rings. The third-order valence-electron chi connectivity index (χ3n) is 3.57. The van der Waals surface area contributed by atoms with E-state index in [2.05, 4.69) is 30.9 Å². The normalized spacial score (nSPS) is 12.0. The van der Waals surface area contributed by atoms with Crippen molar-refractivity contribution in [1.29, 1.82) is 0 Å². The summed E-state index contributed by atoms with van der Waals surface area (Å²) in [4.78, 5) is 23.7. The second kappa shape index (κ2) is 6.66. The largest absolute Gasteiger partial charge is 0.348 e. The molecular weight excluding hydrogens is 342 g/mol. The van der Waals surface area contributed by atoms with Crippen LogP contribution in [0.25, 0.3) is 0 Å². The Bertz CT molecular complexity index is 757. The maximum Gasteiger partial charge on any atom is 0.163 e. The Hall–Kier alpha value is -2.27. The van der Waals surface area contributed by atoms with Crippen LogP contribution < -0.4 is 0 Å². The Morgan fingerprint density at radius 1 is 1.14 bits per heavy atom. The quantitative estimate of drug-likeness (QED) is 0.704. The molecule has 0 amide bonds. The van der Waals surface area contributed by atoms with Crippen molar-refractivity contribution in [2.45, 2.75) is 12.3 Å². The van der Waals surface area contributed by atoms with Crippen LogP contribution in [-0.2, 0) is 0 Å². The first kappa shape index (κ1) is 14.7. The molecule has 3 rings (SSSR count). The van der Waals surface area contributed by atoms with Crippen molar-refractivity contribution in [1.82, 2.24) is 15.0 Å². The molecular formula is C17H14BrN3O. The number of H-pyrrole nitrogens is 1. The molecule has 0 aliphatic carbocycles. The van der Waals surface area contributed by atoms with Gasteiger partial charge in [-0.1, -0.05) is 34.1 Å². The van der Waals surface area contributed by atoms with Crippen LogP contribution in [-0.4, -0.2) is 20.7 Å². The van der Waals surface area contributed by atoms with Gasteiger partial charge in [0.25, 0.3) is 0 Å². The van der Waals surface area contributed by atoms with Crippen molar-refractivity contribution in [2.24, 2.45) is 0 Å². The van der Waals surface area contributed by atoms with E-state index in [-0.39, 0.29) is 11.7 Å². The summed E-state index contributed by atoms with van der Waals surface area (Å²) in [5.74, 6) is 0.0106. The van der Waals surface area contributed by atoms with Crippen molar-refractivity contribution < 1.29 is 4.79 Å². The minimum atomic E-state index is -0.0706. The molecule has 0 bridgehead atoms. The second-order valence-electron chi connectivity index (χ2n) is 4.94. The Balaban J connectivity index is 1.94. The van der Waals surface area contributed by atoms with E-state index in [1.54, 1.807) is 37.1 Å². The van der Waals surface area contributed by atoms with Crippen molar-refractivity contribution in [2.75, 3.05) is 0 Å². The number of nitrogens with one attached hydrogen (secondary N) is 1. The molecule has 0 saturated heterocycles. The molecule has 2 heterocycles. The van der Waals surface area contributed by atoms with Crippen LogP contribution in [0.5, 0.6) is 0 Å². The van der Waals surface area contributed by atoms with Crippen LogP contribution in [0, 0.1) is 0 Å². The molecule has 2 aromatic heterocycles. The van der Waals surface area contributed by atoms with Gasteiger partial charge in [-0.15, -0.1) is 0 Å². The van der Waals surface area contributed by atoms with E-state index in [9.17, 15) is 4.79 Å². The molecule has 0 spiro atoms. The first-order valence-electron chi connectivity index (χ1n) is 6.91. The lowest BCUT2D eigenvalue weighted by Crippen LogP contribution is -2.10. The van der Waals surface area contributed by atoms with Gasteiger partial charge in [-0.3, -0.25) is 9.78 Å². The lowest BCUT2D eigenvalue weighted by atomic mass is 9.89. The van der Waals surface area contributed by atoms with Gasteiger partial charge in [0.2, 0.25) is 0 Å². The van der Waals surface area contributed by atoms with Gasteiger partial charge in [-0.05, 0) is 23.8 Å². The number of aromatic amines is 1. The average molecular weight is 356 g/mol. The summed E-state index contributed by atoms with van der Waals surface area (Å²) in [6, 6.07) is 11.4. The molecule has 110 valence electrons. The molecule has 1 unspecified atom stereocenters. The van der Waals surface area contributed by atoms with Crippen LogP contribution in [0.2, 0.25) is 0 Å². The lowest BCUT2D eigenvalue weighted by molar-refractivity contribution is 0.0977.